The van der Waals surface area contributed by atoms with Gasteiger partial charge in [-0.15, -0.1) is 0 Å². The molecule has 0 fully saturated rings. The van der Waals surface area contributed by atoms with Crippen LogP contribution in [-0.4, -0.2) is 24.4 Å². The number of hydrogen-bond donors (Lipinski definition) is 2. The molecule has 130 valence electrons. The van der Waals surface area contributed by atoms with Gasteiger partial charge in [-0.05, 0) is 31.5 Å². The standard InChI is InChI=1S/C19H20N2O4/c1-3-25-19(24)18(23)21-16-7-5-4-6-15(16)17(22)20-12-14-10-8-13(2)9-11-14/h4-11H,3,12H2,1-2H3,(H,20,22)(H,21,23). The van der Waals surface area contributed by atoms with Gasteiger partial charge in [-0.1, -0.05) is 42.0 Å². The summed E-state index contributed by atoms with van der Waals surface area (Å²) in [5.41, 5.74) is 2.63. The van der Waals surface area contributed by atoms with Crippen molar-refractivity contribution < 1.29 is 19.1 Å². The molecule has 0 unspecified atom stereocenters. The summed E-state index contributed by atoms with van der Waals surface area (Å²) in [4.78, 5) is 35.6. The Morgan fingerprint density at radius 3 is 2.36 bits per heavy atom. The molecule has 25 heavy (non-hydrogen) atoms. The lowest BCUT2D eigenvalue weighted by Crippen LogP contribution is -2.28. The lowest BCUT2D eigenvalue weighted by molar-refractivity contribution is -0.152. The van der Waals surface area contributed by atoms with Crippen LogP contribution in [0.4, 0.5) is 5.69 Å². The predicted molar refractivity (Wildman–Crippen MR) is 94.1 cm³/mol. The number of benzene rings is 2. The Morgan fingerprint density at radius 2 is 1.68 bits per heavy atom. The third-order valence-corrected chi connectivity index (χ3v) is 3.45. The number of amides is 2. The molecule has 2 aromatic rings. The van der Waals surface area contributed by atoms with Crippen LogP contribution in [0.15, 0.2) is 48.5 Å². The summed E-state index contributed by atoms with van der Waals surface area (Å²) >= 11 is 0. The van der Waals surface area contributed by atoms with Crippen molar-refractivity contribution in [2.75, 3.05) is 11.9 Å². The predicted octanol–water partition coefficient (Wildman–Crippen LogP) is 2.43. The molecule has 2 N–H and O–H groups in total. The van der Waals surface area contributed by atoms with E-state index < -0.39 is 11.9 Å². The first-order valence-corrected chi connectivity index (χ1v) is 7.92. The summed E-state index contributed by atoms with van der Waals surface area (Å²) in [6.45, 7) is 4.06. The number of rotatable bonds is 5. The van der Waals surface area contributed by atoms with Crippen molar-refractivity contribution in [2.24, 2.45) is 0 Å². The third-order valence-electron chi connectivity index (χ3n) is 3.45. The van der Waals surface area contributed by atoms with Gasteiger partial charge in [0.05, 0.1) is 17.9 Å². The maximum atomic E-state index is 12.4. The molecule has 0 saturated heterocycles. The Kier molecular flexibility index (Phi) is 6.28. The topological polar surface area (TPSA) is 84.5 Å². The van der Waals surface area contributed by atoms with Crippen molar-refractivity contribution in [3.05, 3.63) is 65.2 Å². The fourth-order valence-corrected chi connectivity index (χ4v) is 2.14. The number of anilines is 1. The normalized spacial score (nSPS) is 10.0. The minimum absolute atomic E-state index is 0.102. The maximum absolute atomic E-state index is 12.4. The molecule has 0 saturated carbocycles. The molecule has 0 atom stereocenters. The maximum Gasteiger partial charge on any atom is 0.397 e. The molecule has 2 aromatic carbocycles. The molecule has 0 bridgehead atoms. The monoisotopic (exact) mass is 340 g/mol. The van der Waals surface area contributed by atoms with Crippen LogP contribution in [0.3, 0.4) is 0 Å². The van der Waals surface area contributed by atoms with Gasteiger partial charge < -0.3 is 15.4 Å². The van der Waals surface area contributed by atoms with Crippen molar-refractivity contribution in [1.82, 2.24) is 5.32 Å². The number of carbonyl (C=O) groups is 3. The van der Waals surface area contributed by atoms with Gasteiger partial charge in [0.2, 0.25) is 0 Å². The smallest absolute Gasteiger partial charge is 0.397 e. The Balaban J connectivity index is 2.05. The highest BCUT2D eigenvalue weighted by Gasteiger charge is 2.18. The average molecular weight is 340 g/mol. The molecule has 0 spiro atoms. The van der Waals surface area contributed by atoms with Gasteiger partial charge in [0.15, 0.2) is 0 Å². The molecular weight excluding hydrogens is 320 g/mol. The number of carbonyl (C=O) groups excluding carboxylic acids is 3. The van der Waals surface area contributed by atoms with E-state index in [4.69, 9.17) is 0 Å². The molecule has 2 amide bonds. The van der Waals surface area contributed by atoms with Crippen LogP contribution in [-0.2, 0) is 20.9 Å². The highest BCUT2D eigenvalue weighted by Crippen LogP contribution is 2.15. The molecule has 6 heteroatoms. The summed E-state index contributed by atoms with van der Waals surface area (Å²) in [5, 5.41) is 5.20. The van der Waals surface area contributed by atoms with Gasteiger partial charge in [0, 0.05) is 6.54 Å². The zero-order valence-electron chi connectivity index (χ0n) is 14.2. The second-order valence-electron chi connectivity index (χ2n) is 5.39. The molecule has 0 heterocycles. The first-order valence-electron chi connectivity index (χ1n) is 7.92. The number of aryl methyl sites for hydroxylation is 1. The van der Waals surface area contributed by atoms with Gasteiger partial charge in [-0.3, -0.25) is 9.59 Å². The van der Waals surface area contributed by atoms with Crippen molar-refractivity contribution in [3.63, 3.8) is 0 Å². The van der Waals surface area contributed by atoms with Gasteiger partial charge in [0.25, 0.3) is 5.91 Å². The Bertz CT molecular complexity index is 769. The molecule has 0 aliphatic rings. The SMILES string of the molecule is CCOC(=O)C(=O)Nc1ccccc1C(=O)NCc1ccc(C)cc1. The van der Waals surface area contributed by atoms with E-state index in [1.54, 1.807) is 31.2 Å². The van der Waals surface area contributed by atoms with E-state index in [1.165, 1.54) is 0 Å². The number of ether oxygens (including phenoxy) is 1. The zero-order chi connectivity index (χ0) is 18.2. The van der Waals surface area contributed by atoms with E-state index in [0.29, 0.717) is 6.54 Å². The Hall–Kier alpha value is -3.15. The van der Waals surface area contributed by atoms with Crippen LogP contribution in [0.2, 0.25) is 0 Å². The largest absolute Gasteiger partial charge is 0.459 e. The zero-order valence-corrected chi connectivity index (χ0v) is 14.2. The molecule has 0 aliphatic heterocycles. The van der Waals surface area contributed by atoms with Crippen molar-refractivity contribution in [3.8, 4) is 0 Å². The second-order valence-corrected chi connectivity index (χ2v) is 5.39. The van der Waals surface area contributed by atoms with Crippen LogP contribution in [0, 0.1) is 6.92 Å². The van der Waals surface area contributed by atoms with Crippen LogP contribution in [0.5, 0.6) is 0 Å². The van der Waals surface area contributed by atoms with Crippen molar-refractivity contribution in [1.29, 1.82) is 0 Å². The first-order chi connectivity index (χ1) is 12.0. The van der Waals surface area contributed by atoms with Crippen LogP contribution in [0.25, 0.3) is 0 Å². The second kappa shape index (κ2) is 8.63. The molecule has 0 radical (unpaired) electrons. The van der Waals surface area contributed by atoms with E-state index >= 15 is 0 Å². The number of para-hydroxylation sites is 1. The van der Waals surface area contributed by atoms with E-state index in [2.05, 4.69) is 15.4 Å². The lowest BCUT2D eigenvalue weighted by Gasteiger charge is -2.11. The summed E-state index contributed by atoms with van der Waals surface area (Å²) < 4.78 is 4.64. The highest BCUT2D eigenvalue weighted by molar-refractivity contribution is 6.37. The summed E-state index contributed by atoms with van der Waals surface area (Å²) in [7, 11) is 0. The molecule has 0 aliphatic carbocycles. The van der Waals surface area contributed by atoms with Crippen LogP contribution >= 0.6 is 0 Å². The van der Waals surface area contributed by atoms with Gasteiger partial charge in [0.1, 0.15) is 0 Å². The Morgan fingerprint density at radius 1 is 1.00 bits per heavy atom. The summed E-state index contributed by atoms with van der Waals surface area (Å²) in [6, 6.07) is 14.3. The average Bonchev–Trinajstić information content (AvgIpc) is 2.61. The van der Waals surface area contributed by atoms with Gasteiger partial charge in [-0.25, -0.2) is 4.79 Å². The van der Waals surface area contributed by atoms with Crippen LogP contribution < -0.4 is 10.6 Å². The van der Waals surface area contributed by atoms with E-state index in [9.17, 15) is 14.4 Å². The molecular formula is C19H20N2O4. The fourth-order valence-electron chi connectivity index (χ4n) is 2.14. The minimum atomic E-state index is -0.989. The first kappa shape index (κ1) is 18.2. The van der Waals surface area contributed by atoms with E-state index in [1.807, 2.05) is 31.2 Å². The minimum Gasteiger partial charge on any atom is -0.459 e. The number of hydrogen-bond acceptors (Lipinski definition) is 4. The summed E-state index contributed by atoms with van der Waals surface area (Å²) in [6.07, 6.45) is 0. The van der Waals surface area contributed by atoms with E-state index in [-0.39, 0.29) is 23.8 Å². The quantitative estimate of drug-likeness (QED) is 0.647. The highest BCUT2D eigenvalue weighted by atomic mass is 16.5. The van der Waals surface area contributed by atoms with Gasteiger partial charge >= 0.3 is 11.9 Å². The third kappa shape index (κ3) is 5.17. The number of nitrogens with one attached hydrogen (secondary N) is 2. The van der Waals surface area contributed by atoms with E-state index in [0.717, 1.165) is 11.1 Å². The molecule has 2 rings (SSSR count). The van der Waals surface area contributed by atoms with Gasteiger partial charge in [-0.2, -0.15) is 0 Å². The van der Waals surface area contributed by atoms with Crippen molar-refractivity contribution >= 4 is 23.5 Å². The number of esters is 1. The fraction of sp³-hybridized carbons (Fsp3) is 0.211. The van der Waals surface area contributed by atoms with Crippen molar-refractivity contribution in [2.45, 2.75) is 20.4 Å². The summed E-state index contributed by atoms with van der Waals surface area (Å²) in [5.74, 6) is -2.25. The lowest BCUT2D eigenvalue weighted by atomic mass is 10.1. The molecule has 0 aromatic heterocycles. The Labute approximate surface area is 146 Å². The van der Waals surface area contributed by atoms with Crippen LogP contribution in [0.1, 0.15) is 28.4 Å². The molecule has 6 nitrogen and oxygen atoms in total.